The normalized spacial score (nSPS) is 20.1. The summed E-state index contributed by atoms with van der Waals surface area (Å²) in [4.78, 5) is 24.3. The van der Waals surface area contributed by atoms with Gasteiger partial charge in [-0.15, -0.1) is 0 Å². The predicted octanol–water partition coefficient (Wildman–Crippen LogP) is 0.533. The zero-order chi connectivity index (χ0) is 14.9. The number of hydrogen-bond acceptors (Lipinski definition) is 3. The summed E-state index contributed by atoms with van der Waals surface area (Å²) in [6.45, 7) is 1.54. The molecule has 5 nitrogen and oxygen atoms in total. The van der Waals surface area contributed by atoms with Gasteiger partial charge in [0.2, 0.25) is 11.8 Å². The van der Waals surface area contributed by atoms with Crippen molar-refractivity contribution in [3.63, 3.8) is 0 Å². The van der Waals surface area contributed by atoms with E-state index in [1.54, 1.807) is 0 Å². The number of para-hydroxylation sites is 1. The van der Waals surface area contributed by atoms with E-state index in [2.05, 4.69) is 5.32 Å². The van der Waals surface area contributed by atoms with Crippen molar-refractivity contribution >= 4 is 17.5 Å². The Balaban J connectivity index is 2.16. The molecule has 3 N–H and O–H groups in total. The zero-order valence-electron chi connectivity index (χ0n) is 10.9. The number of benzene rings is 1. The van der Waals surface area contributed by atoms with Crippen LogP contribution in [-0.2, 0) is 9.59 Å². The standard InChI is InChI=1S/C13H15F2N3O2/c1-7(16)13(20)17-8-5-11(19)18(6-8)12-9(14)3-2-4-10(12)15/h2-4,7-8H,5-6,16H2,1H3,(H,17,20)/t7-,8?/m1/s1. The summed E-state index contributed by atoms with van der Waals surface area (Å²) in [7, 11) is 0. The Morgan fingerprint density at radius 2 is 2.05 bits per heavy atom. The first-order valence-corrected chi connectivity index (χ1v) is 6.20. The van der Waals surface area contributed by atoms with Crippen LogP contribution in [0, 0.1) is 11.6 Å². The molecule has 0 aliphatic carbocycles. The first-order chi connectivity index (χ1) is 9.40. The Kier molecular flexibility index (Phi) is 3.99. The molecule has 0 radical (unpaired) electrons. The maximum absolute atomic E-state index is 13.7. The molecule has 1 unspecified atom stereocenters. The highest BCUT2D eigenvalue weighted by molar-refractivity contribution is 5.97. The van der Waals surface area contributed by atoms with Crippen LogP contribution in [0.3, 0.4) is 0 Å². The molecule has 108 valence electrons. The third-order valence-electron chi connectivity index (χ3n) is 3.09. The van der Waals surface area contributed by atoms with Crippen molar-refractivity contribution in [2.24, 2.45) is 5.73 Å². The molecular formula is C13H15F2N3O2. The smallest absolute Gasteiger partial charge is 0.236 e. The van der Waals surface area contributed by atoms with Gasteiger partial charge in [0.05, 0.1) is 12.1 Å². The van der Waals surface area contributed by atoms with Gasteiger partial charge in [0.1, 0.15) is 17.3 Å². The van der Waals surface area contributed by atoms with E-state index >= 15 is 0 Å². The van der Waals surface area contributed by atoms with Crippen LogP contribution in [0.5, 0.6) is 0 Å². The fourth-order valence-corrected chi connectivity index (χ4v) is 2.10. The molecule has 1 heterocycles. The molecule has 1 aromatic carbocycles. The maximum atomic E-state index is 13.7. The summed E-state index contributed by atoms with van der Waals surface area (Å²) in [5.74, 6) is -2.46. The Morgan fingerprint density at radius 3 is 2.60 bits per heavy atom. The third kappa shape index (κ3) is 2.77. The average molecular weight is 283 g/mol. The number of hydrogen-bond donors (Lipinski definition) is 2. The minimum atomic E-state index is -0.808. The first-order valence-electron chi connectivity index (χ1n) is 6.20. The highest BCUT2D eigenvalue weighted by atomic mass is 19.1. The highest BCUT2D eigenvalue weighted by Crippen LogP contribution is 2.27. The monoisotopic (exact) mass is 283 g/mol. The van der Waals surface area contributed by atoms with Crippen LogP contribution in [0.15, 0.2) is 18.2 Å². The largest absolute Gasteiger partial charge is 0.350 e. The molecule has 2 rings (SSSR count). The molecule has 0 saturated carbocycles. The lowest BCUT2D eigenvalue weighted by Gasteiger charge is -2.19. The van der Waals surface area contributed by atoms with E-state index < -0.39 is 35.5 Å². The molecule has 1 fully saturated rings. The van der Waals surface area contributed by atoms with Crippen molar-refractivity contribution in [1.82, 2.24) is 5.32 Å². The van der Waals surface area contributed by atoms with Gasteiger partial charge in [0, 0.05) is 13.0 Å². The molecule has 0 spiro atoms. The molecule has 2 atom stereocenters. The fourth-order valence-electron chi connectivity index (χ4n) is 2.10. The van der Waals surface area contributed by atoms with Crippen LogP contribution in [0.1, 0.15) is 13.3 Å². The Hall–Kier alpha value is -2.02. The number of amides is 2. The topological polar surface area (TPSA) is 75.4 Å². The van der Waals surface area contributed by atoms with Crippen LogP contribution in [-0.4, -0.2) is 30.4 Å². The lowest BCUT2D eigenvalue weighted by molar-refractivity contribution is -0.122. The quantitative estimate of drug-likeness (QED) is 0.850. The van der Waals surface area contributed by atoms with Crippen LogP contribution < -0.4 is 16.0 Å². The minimum absolute atomic E-state index is 0.00770. The van der Waals surface area contributed by atoms with Gasteiger partial charge in [0.25, 0.3) is 0 Å². The highest BCUT2D eigenvalue weighted by Gasteiger charge is 2.34. The zero-order valence-corrected chi connectivity index (χ0v) is 10.9. The van der Waals surface area contributed by atoms with Gasteiger partial charge in [-0.1, -0.05) is 6.07 Å². The van der Waals surface area contributed by atoms with Gasteiger partial charge in [-0.2, -0.15) is 0 Å². The van der Waals surface area contributed by atoms with Crippen molar-refractivity contribution in [1.29, 1.82) is 0 Å². The molecule has 1 aromatic rings. The van der Waals surface area contributed by atoms with Gasteiger partial charge in [0.15, 0.2) is 0 Å². The van der Waals surface area contributed by atoms with Crippen molar-refractivity contribution in [3.8, 4) is 0 Å². The molecule has 0 aromatic heterocycles. The van der Waals surface area contributed by atoms with E-state index in [0.717, 1.165) is 17.0 Å². The second-order valence-electron chi connectivity index (χ2n) is 4.77. The molecular weight excluding hydrogens is 268 g/mol. The number of halogens is 2. The minimum Gasteiger partial charge on any atom is -0.350 e. The molecule has 1 saturated heterocycles. The lowest BCUT2D eigenvalue weighted by Crippen LogP contribution is -2.45. The van der Waals surface area contributed by atoms with Crippen LogP contribution >= 0.6 is 0 Å². The van der Waals surface area contributed by atoms with E-state index in [0.29, 0.717) is 0 Å². The van der Waals surface area contributed by atoms with Gasteiger partial charge >= 0.3 is 0 Å². The molecule has 0 bridgehead atoms. The number of nitrogens with one attached hydrogen (secondary N) is 1. The fraction of sp³-hybridized carbons (Fsp3) is 0.385. The number of anilines is 1. The Bertz CT molecular complexity index is 528. The van der Waals surface area contributed by atoms with Crippen molar-refractivity contribution in [3.05, 3.63) is 29.8 Å². The number of nitrogens with zero attached hydrogens (tertiary/aromatic N) is 1. The second kappa shape index (κ2) is 5.54. The summed E-state index contributed by atoms with van der Waals surface area (Å²) < 4.78 is 27.3. The summed E-state index contributed by atoms with van der Waals surface area (Å²) >= 11 is 0. The van der Waals surface area contributed by atoms with E-state index in [1.165, 1.54) is 13.0 Å². The van der Waals surface area contributed by atoms with Crippen LogP contribution in [0.4, 0.5) is 14.5 Å². The maximum Gasteiger partial charge on any atom is 0.236 e. The number of carbonyl (C=O) groups is 2. The summed E-state index contributed by atoms with van der Waals surface area (Å²) in [6.07, 6.45) is -0.00770. The Morgan fingerprint density at radius 1 is 1.45 bits per heavy atom. The molecule has 7 heteroatoms. The van der Waals surface area contributed by atoms with E-state index in [1.807, 2.05) is 0 Å². The summed E-state index contributed by atoms with van der Waals surface area (Å²) in [5.41, 5.74) is 5.03. The van der Waals surface area contributed by atoms with Gasteiger partial charge in [-0.05, 0) is 19.1 Å². The third-order valence-corrected chi connectivity index (χ3v) is 3.09. The van der Waals surface area contributed by atoms with Crippen LogP contribution in [0.25, 0.3) is 0 Å². The SMILES string of the molecule is C[C@@H](N)C(=O)NC1CC(=O)N(c2c(F)cccc2F)C1. The number of nitrogens with two attached hydrogens (primary N) is 1. The summed E-state index contributed by atoms with van der Waals surface area (Å²) in [6, 6.07) is 2.19. The van der Waals surface area contributed by atoms with Crippen LogP contribution in [0.2, 0.25) is 0 Å². The van der Waals surface area contributed by atoms with Gasteiger partial charge < -0.3 is 16.0 Å². The van der Waals surface area contributed by atoms with E-state index in [4.69, 9.17) is 5.73 Å². The van der Waals surface area contributed by atoms with E-state index in [-0.39, 0.29) is 18.7 Å². The molecule has 1 aliphatic heterocycles. The Labute approximate surface area is 114 Å². The average Bonchev–Trinajstić information content (AvgIpc) is 2.70. The second-order valence-corrected chi connectivity index (χ2v) is 4.77. The van der Waals surface area contributed by atoms with Gasteiger partial charge in [-0.25, -0.2) is 8.78 Å². The van der Waals surface area contributed by atoms with Gasteiger partial charge in [-0.3, -0.25) is 9.59 Å². The molecule has 20 heavy (non-hydrogen) atoms. The predicted molar refractivity (Wildman–Crippen MR) is 68.9 cm³/mol. The summed E-state index contributed by atoms with van der Waals surface area (Å²) in [5, 5.41) is 2.58. The lowest BCUT2D eigenvalue weighted by atomic mass is 10.2. The van der Waals surface area contributed by atoms with Crippen molar-refractivity contribution in [2.75, 3.05) is 11.4 Å². The molecule has 2 amide bonds. The first kappa shape index (κ1) is 14.4. The number of carbonyl (C=O) groups excluding carboxylic acids is 2. The van der Waals surface area contributed by atoms with E-state index in [9.17, 15) is 18.4 Å². The van der Waals surface area contributed by atoms with Crippen molar-refractivity contribution in [2.45, 2.75) is 25.4 Å². The molecule has 1 aliphatic rings. The number of rotatable bonds is 3. The van der Waals surface area contributed by atoms with Crippen molar-refractivity contribution < 1.29 is 18.4 Å².